The first-order valence-corrected chi connectivity index (χ1v) is 6.67. The predicted molar refractivity (Wildman–Crippen MR) is 70.9 cm³/mol. The number of piperidine rings is 1. The van der Waals surface area contributed by atoms with Crippen molar-refractivity contribution in [2.45, 2.75) is 51.2 Å². The molecule has 96 valence electrons. The van der Waals surface area contributed by atoms with E-state index in [1.54, 1.807) is 0 Å². The zero-order valence-electron chi connectivity index (χ0n) is 11.7. The summed E-state index contributed by atoms with van der Waals surface area (Å²) in [5.41, 5.74) is 0. The number of rotatable bonds is 5. The van der Waals surface area contributed by atoms with Gasteiger partial charge in [-0.05, 0) is 60.4 Å². The van der Waals surface area contributed by atoms with Gasteiger partial charge in [-0.2, -0.15) is 0 Å². The lowest BCUT2D eigenvalue weighted by molar-refractivity contribution is 0.0960. The third-order valence-electron chi connectivity index (χ3n) is 4.30. The molecule has 0 aromatic rings. The summed E-state index contributed by atoms with van der Waals surface area (Å²) in [6.07, 6.45) is 3.84. The molecule has 0 bridgehead atoms. The third kappa shape index (κ3) is 3.44. The van der Waals surface area contributed by atoms with E-state index in [9.17, 15) is 0 Å². The Balaban J connectivity index is 2.46. The molecule has 1 heterocycles. The van der Waals surface area contributed by atoms with E-state index in [-0.39, 0.29) is 0 Å². The summed E-state index contributed by atoms with van der Waals surface area (Å²) in [4.78, 5) is 5.02. The van der Waals surface area contributed by atoms with Gasteiger partial charge in [0.15, 0.2) is 0 Å². The maximum absolute atomic E-state index is 3.43. The van der Waals surface area contributed by atoms with Crippen molar-refractivity contribution in [3.05, 3.63) is 0 Å². The van der Waals surface area contributed by atoms with Gasteiger partial charge in [-0.1, -0.05) is 6.92 Å². The zero-order chi connectivity index (χ0) is 12.1. The van der Waals surface area contributed by atoms with E-state index in [4.69, 9.17) is 0 Å². The van der Waals surface area contributed by atoms with Crippen LogP contribution in [0.4, 0.5) is 0 Å². The summed E-state index contributed by atoms with van der Waals surface area (Å²) >= 11 is 0. The van der Waals surface area contributed by atoms with E-state index < -0.39 is 0 Å². The minimum Gasteiger partial charge on any atom is -0.315 e. The minimum atomic E-state index is 0.615. The Morgan fingerprint density at radius 2 is 1.94 bits per heavy atom. The van der Waals surface area contributed by atoms with Crippen molar-refractivity contribution in [3.63, 3.8) is 0 Å². The maximum atomic E-state index is 3.43. The first-order valence-electron chi connectivity index (χ1n) is 6.67. The molecule has 1 aliphatic rings. The Morgan fingerprint density at radius 1 is 1.38 bits per heavy atom. The Kier molecular flexibility index (Phi) is 5.73. The van der Waals surface area contributed by atoms with E-state index >= 15 is 0 Å². The van der Waals surface area contributed by atoms with Crippen LogP contribution in [-0.4, -0.2) is 62.2 Å². The monoisotopic (exact) mass is 227 g/mol. The van der Waals surface area contributed by atoms with Crippen LogP contribution in [0, 0.1) is 0 Å². The Morgan fingerprint density at radius 3 is 2.38 bits per heavy atom. The summed E-state index contributed by atoms with van der Waals surface area (Å²) < 4.78 is 0. The molecular weight excluding hydrogens is 198 g/mol. The molecule has 0 radical (unpaired) electrons. The molecule has 16 heavy (non-hydrogen) atoms. The number of nitrogens with zero attached hydrogens (tertiary/aromatic N) is 2. The maximum Gasteiger partial charge on any atom is 0.0220 e. The van der Waals surface area contributed by atoms with Crippen LogP contribution in [0.1, 0.15) is 33.1 Å². The van der Waals surface area contributed by atoms with Gasteiger partial charge < -0.3 is 10.2 Å². The molecule has 0 aromatic carbocycles. The van der Waals surface area contributed by atoms with Gasteiger partial charge in [0.25, 0.3) is 0 Å². The van der Waals surface area contributed by atoms with Crippen molar-refractivity contribution in [1.82, 2.24) is 15.1 Å². The van der Waals surface area contributed by atoms with E-state index in [2.05, 4.69) is 50.1 Å². The molecule has 3 nitrogen and oxygen atoms in total. The quantitative estimate of drug-likeness (QED) is 0.766. The number of hydrogen-bond acceptors (Lipinski definition) is 3. The van der Waals surface area contributed by atoms with Crippen LogP contribution in [0.2, 0.25) is 0 Å². The molecule has 3 heteroatoms. The first kappa shape index (κ1) is 13.9. The second-order valence-electron chi connectivity index (χ2n) is 5.24. The molecule has 0 aliphatic carbocycles. The summed E-state index contributed by atoms with van der Waals surface area (Å²) in [6.45, 7) is 7.11. The van der Waals surface area contributed by atoms with Crippen LogP contribution in [0.25, 0.3) is 0 Å². The highest BCUT2D eigenvalue weighted by molar-refractivity contribution is 4.84. The summed E-state index contributed by atoms with van der Waals surface area (Å²) in [7, 11) is 6.59. The molecule has 1 N–H and O–H groups in total. The van der Waals surface area contributed by atoms with Crippen LogP contribution >= 0.6 is 0 Å². The van der Waals surface area contributed by atoms with Crippen LogP contribution in [0.15, 0.2) is 0 Å². The molecule has 0 amide bonds. The fourth-order valence-corrected chi connectivity index (χ4v) is 2.81. The fraction of sp³-hybridized carbons (Fsp3) is 1.00. The molecule has 1 saturated heterocycles. The SMILES string of the molecule is CCC(NC)C(C)N(C)C1CCN(C)CC1. The average Bonchev–Trinajstić information content (AvgIpc) is 2.30. The lowest BCUT2D eigenvalue weighted by atomic mass is 9.99. The fourth-order valence-electron chi connectivity index (χ4n) is 2.81. The van der Waals surface area contributed by atoms with E-state index in [0.717, 1.165) is 6.04 Å². The summed E-state index contributed by atoms with van der Waals surface area (Å²) in [6, 6.07) is 2.02. The van der Waals surface area contributed by atoms with Crippen LogP contribution in [0.5, 0.6) is 0 Å². The first-order chi connectivity index (χ1) is 7.60. The molecule has 1 rings (SSSR count). The van der Waals surface area contributed by atoms with Gasteiger partial charge in [0.05, 0.1) is 0 Å². The van der Waals surface area contributed by atoms with Crippen LogP contribution < -0.4 is 5.32 Å². The Bertz CT molecular complexity index is 184. The normalized spacial score (nSPS) is 23.6. The highest BCUT2D eigenvalue weighted by atomic mass is 15.2. The van der Waals surface area contributed by atoms with Gasteiger partial charge in [-0.25, -0.2) is 0 Å². The second-order valence-corrected chi connectivity index (χ2v) is 5.24. The van der Waals surface area contributed by atoms with E-state index in [1.807, 2.05) is 0 Å². The second kappa shape index (κ2) is 6.58. The third-order valence-corrected chi connectivity index (χ3v) is 4.30. The molecular formula is C13H29N3. The molecule has 2 atom stereocenters. The summed E-state index contributed by atoms with van der Waals surface area (Å²) in [5.74, 6) is 0. The van der Waals surface area contributed by atoms with Crippen LogP contribution in [-0.2, 0) is 0 Å². The molecule has 0 saturated carbocycles. The standard InChI is InChI=1S/C13H29N3/c1-6-13(14-3)11(2)16(5)12-7-9-15(4)10-8-12/h11-14H,6-10H2,1-5H3. The molecule has 2 unspecified atom stereocenters. The van der Waals surface area contributed by atoms with Gasteiger partial charge >= 0.3 is 0 Å². The molecule has 1 aliphatic heterocycles. The highest BCUT2D eigenvalue weighted by Gasteiger charge is 2.26. The van der Waals surface area contributed by atoms with E-state index in [1.165, 1.54) is 32.4 Å². The smallest absolute Gasteiger partial charge is 0.0220 e. The molecule has 0 spiro atoms. The van der Waals surface area contributed by atoms with Crippen molar-refractivity contribution in [2.24, 2.45) is 0 Å². The number of nitrogens with one attached hydrogen (secondary N) is 1. The number of likely N-dealkylation sites (N-methyl/N-ethyl adjacent to an activating group) is 2. The molecule has 1 fully saturated rings. The lowest BCUT2D eigenvalue weighted by Crippen LogP contribution is -2.52. The minimum absolute atomic E-state index is 0.615. The van der Waals surface area contributed by atoms with Gasteiger partial charge in [-0.3, -0.25) is 4.90 Å². The van der Waals surface area contributed by atoms with Crippen molar-refractivity contribution in [1.29, 1.82) is 0 Å². The number of likely N-dealkylation sites (tertiary alicyclic amines) is 1. The van der Waals surface area contributed by atoms with Gasteiger partial charge in [-0.15, -0.1) is 0 Å². The predicted octanol–water partition coefficient (Wildman–Crippen LogP) is 1.40. The van der Waals surface area contributed by atoms with Gasteiger partial charge in [0, 0.05) is 18.1 Å². The topological polar surface area (TPSA) is 18.5 Å². The average molecular weight is 227 g/mol. The van der Waals surface area contributed by atoms with Gasteiger partial charge in [0.1, 0.15) is 0 Å². The van der Waals surface area contributed by atoms with Crippen molar-refractivity contribution >= 4 is 0 Å². The van der Waals surface area contributed by atoms with Crippen molar-refractivity contribution < 1.29 is 0 Å². The van der Waals surface area contributed by atoms with Crippen molar-refractivity contribution in [2.75, 3.05) is 34.2 Å². The lowest BCUT2D eigenvalue weighted by Gasteiger charge is -2.40. The zero-order valence-corrected chi connectivity index (χ0v) is 11.7. The van der Waals surface area contributed by atoms with Crippen LogP contribution in [0.3, 0.4) is 0 Å². The molecule has 0 aromatic heterocycles. The van der Waals surface area contributed by atoms with Gasteiger partial charge in [0.2, 0.25) is 0 Å². The summed E-state index contributed by atoms with van der Waals surface area (Å²) in [5, 5.41) is 3.43. The number of hydrogen-bond donors (Lipinski definition) is 1. The van der Waals surface area contributed by atoms with Crippen molar-refractivity contribution in [3.8, 4) is 0 Å². The largest absolute Gasteiger partial charge is 0.315 e. The Labute approximate surface area is 101 Å². The Hall–Kier alpha value is -0.120. The highest BCUT2D eigenvalue weighted by Crippen LogP contribution is 2.18. The van der Waals surface area contributed by atoms with E-state index in [0.29, 0.717) is 12.1 Å².